The minimum absolute atomic E-state index is 0.0934. The van der Waals surface area contributed by atoms with E-state index in [0.29, 0.717) is 13.0 Å². The van der Waals surface area contributed by atoms with E-state index in [0.717, 1.165) is 31.5 Å². The summed E-state index contributed by atoms with van der Waals surface area (Å²) in [6.45, 7) is 9.73. The zero-order chi connectivity index (χ0) is 19.2. The van der Waals surface area contributed by atoms with Crippen LogP contribution in [0.1, 0.15) is 46.1 Å². The summed E-state index contributed by atoms with van der Waals surface area (Å²) in [4.78, 5) is 25.5. The van der Waals surface area contributed by atoms with E-state index in [2.05, 4.69) is 10.3 Å². The highest BCUT2D eigenvalue weighted by atomic mass is 16.6. The number of carbonyl (C=O) groups excluding carboxylic acids is 2. The lowest BCUT2D eigenvalue weighted by Gasteiger charge is -2.34. The van der Waals surface area contributed by atoms with Crippen LogP contribution in [0.25, 0.3) is 0 Å². The van der Waals surface area contributed by atoms with Crippen LogP contribution in [-0.4, -0.2) is 53.3 Å². The molecule has 1 unspecified atom stereocenters. The first kappa shape index (κ1) is 20.2. The van der Waals surface area contributed by atoms with Crippen molar-refractivity contribution in [3.8, 4) is 0 Å². The van der Waals surface area contributed by atoms with Crippen LogP contribution in [0.3, 0.4) is 0 Å². The van der Waals surface area contributed by atoms with Crippen LogP contribution < -0.4 is 5.32 Å². The van der Waals surface area contributed by atoms with Gasteiger partial charge in [-0.1, -0.05) is 30.3 Å². The summed E-state index contributed by atoms with van der Waals surface area (Å²) >= 11 is 0. The molecule has 0 aromatic heterocycles. The van der Waals surface area contributed by atoms with Gasteiger partial charge in [-0.25, -0.2) is 9.80 Å². The number of likely N-dealkylation sites (N-methyl/N-ethyl adjacent to an activating group) is 1. The van der Waals surface area contributed by atoms with E-state index >= 15 is 0 Å². The lowest BCUT2D eigenvalue weighted by molar-refractivity contribution is -0.149. The standard InChI is InChI=1S/C20H31N3O3/c1-5-23(22-13-9-10-14-22)18(24)17(15-16-11-7-6-8-12-16)21-19(25)26-20(2,3)4/h6-8,11-12,17H,5,9-10,13-15H2,1-4H3,(H,21,25). The predicted octanol–water partition coefficient (Wildman–Crippen LogP) is 2.98. The molecule has 0 aliphatic carbocycles. The molecule has 0 radical (unpaired) electrons. The average Bonchev–Trinajstić information content (AvgIpc) is 3.08. The zero-order valence-corrected chi connectivity index (χ0v) is 16.3. The van der Waals surface area contributed by atoms with Crippen LogP contribution in [0.2, 0.25) is 0 Å². The van der Waals surface area contributed by atoms with Gasteiger partial charge < -0.3 is 10.1 Å². The minimum Gasteiger partial charge on any atom is -0.444 e. The van der Waals surface area contributed by atoms with Crippen molar-refractivity contribution in [3.05, 3.63) is 35.9 Å². The average molecular weight is 361 g/mol. The van der Waals surface area contributed by atoms with E-state index in [1.807, 2.05) is 58.0 Å². The molecule has 1 atom stereocenters. The molecular weight excluding hydrogens is 330 g/mol. The zero-order valence-electron chi connectivity index (χ0n) is 16.3. The van der Waals surface area contributed by atoms with Gasteiger partial charge in [0.1, 0.15) is 11.6 Å². The largest absolute Gasteiger partial charge is 0.444 e. The molecule has 1 aromatic rings. The molecule has 1 fully saturated rings. The van der Waals surface area contributed by atoms with E-state index < -0.39 is 17.7 Å². The third-order valence-corrected chi connectivity index (χ3v) is 4.25. The summed E-state index contributed by atoms with van der Waals surface area (Å²) in [6, 6.07) is 9.06. The fourth-order valence-electron chi connectivity index (χ4n) is 3.12. The number of hydrogen-bond acceptors (Lipinski definition) is 4. The van der Waals surface area contributed by atoms with Gasteiger partial charge in [0.2, 0.25) is 0 Å². The first-order chi connectivity index (χ1) is 12.3. The highest BCUT2D eigenvalue weighted by molar-refractivity contribution is 5.85. The maximum Gasteiger partial charge on any atom is 0.408 e. The molecule has 0 spiro atoms. The molecule has 0 saturated carbocycles. The summed E-state index contributed by atoms with van der Waals surface area (Å²) in [7, 11) is 0. The molecule has 1 aromatic carbocycles. The Morgan fingerprint density at radius 1 is 1.19 bits per heavy atom. The normalized spacial score (nSPS) is 16.2. The van der Waals surface area contributed by atoms with Gasteiger partial charge >= 0.3 is 6.09 Å². The van der Waals surface area contributed by atoms with Crippen molar-refractivity contribution in [3.63, 3.8) is 0 Å². The van der Waals surface area contributed by atoms with Gasteiger partial charge in [0.15, 0.2) is 0 Å². The molecule has 1 heterocycles. The Balaban J connectivity index is 2.15. The van der Waals surface area contributed by atoms with Crippen LogP contribution in [0.15, 0.2) is 30.3 Å². The van der Waals surface area contributed by atoms with Crippen LogP contribution in [0.5, 0.6) is 0 Å². The first-order valence-electron chi connectivity index (χ1n) is 9.40. The van der Waals surface area contributed by atoms with Crippen LogP contribution in [0, 0.1) is 0 Å². The Hall–Kier alpha value is -2.08. The summed E-state index contributed by atoms with van der Waals surface area (Å²) in [5.41, 5.74) is 0.392. The van der Waals surface area contributed by atoms with Crippen molar-refractivity contribution >= 4 is 12.0 Å². The van der Waals surface area contributed by atoms with Gasteiger partial charge in [0, 0.05) is 26.1 Å². The van der Waals surface area contributed by atoms with Crippen molar-refractivity contribution in [1.29, 1.82) is 0 Å². The summed E-state index contributed by atoms with van der Waals surface area (Å²) in [5.74, 6) is -0.0934. The number of carbonyl (C=O) groups is 2. The topological polar surface area (TPSA) is 61.9 Å². The Labute approximate surface area is 156 Å². The molecule has 6 heteroatoms. The number of nitrogens with one attached hydrogen (secondary N) is 1. The quantitative estimate of drug-likeness (QED) is 0.846. The predicted molar refractivity (Wildman–Crippen MR) is 101 cm³/mol. The second kappa shape index (κ2) is 9.03. The molecule has 2 amide bonds. The van der Waals surface area contributed by atoms with Crippen molar-refractivity contribution in [2.75, 3.05) is 19.6 Å². The van der Waals surface area contributed by atoms with E-state index in [1.54, 1.807) is 5.01 Å². The van der Waals surface area contributed by atoms with Gasteiger partial charge in [-0.2, -0.15) is 0 Å². The smallest absolute Gasteiger partial charge is 0.408 e. The van der Waals surface area contributed by atoms with Gasteiger partial charge in [-0.15, -0.1) is 0 Å². The number of rotatable bonds is 6. The SMILES string of the molecule is CCN(C(=O)C(Cc1ccccc1)NC(=O)OC(C)(C)C)N1CCCC1. The van der Waals surface area contributed by atoms with Crippen molar-refractivity contribution < 1.29 is 14.3 Å². The highest BCUT2D eigenvalue weighted by Crippen LogP contribution is 2.15. The molecule has 2 rings (SSSR count). The summed E-state index contributed by atoms with van der Waals surface area (Å²) < 4.78 is 5.36. The minimum atomic E-state index is -0.659. The molecule has 1 N–H and O–H groups in total. The fourth-order valence-corrected chi connectivity index (χ4v) is 3.12. The monoisotopic (exact) mass is 361 g/mol. The number of benzene rings is 1. The Morgan fingerprint density at radius 2 is 1.81 bits per heavy atom. The molecule has 6 nitrogen and oxygen atoms in total. The first-order valence-corrected chi connectivity index (χ1v) is 9.40. The Morgan fingerprint density at radius 3 is 2.35 bits per heavy atom. The fraction of sp³-hybridized carbons (Fsp3) is 0.600. The molecule has 144 valence electrons. The molecule has 1 aliphatic heterocycles. The molecular formula is C20H31N3O3. The second-order valence-corrected chi connectivity index (χ2v) is 7.60. The number of hydrazine groups is 1. The molecule has 26 heavy (non-hydrogen) atoms. The Bertz CT molecular complexity index is 592. The molecule has 1 saturated heterocycles. The number of nitrogens with zero attached hydrogens (tertiary/aromatic N) is 2. The van der Waals surface area contributed by atoms with Crippen LogP contribution in [0.4, 0.5) is 4.79 Å². The lowest BCUT2D eigenvalue weighted by Crippen LogP contribution is -2.55. The second-order valence-electron chi connectivity index (χ2n) is 7.60. The van der Waals surface area contributed by atoms with Gasteiger partial charge in [-0.05, 0) is 46.1 Å². The van der Waals surface area contributed by atoms with Gasteiger partial charge in [0.25, 0.3) is 5.91 Å². The van der Waals surface area contributed by atoms with Crippen molar-refractivity contribution in [2.45, 2.75) is 58.6 Å². The maximum atomic E-state index is 13.2. The maximum absolute atomic E-state index is 13.2. The summed E-state index contributed by atoms with van der Waals surface area (Å²) in [5, 5.41) is 6.62. The van der Waals surface area contributed by atoms with Crippen LogP contribution >= 0.6 is 0 Å². The molecule has 0 bridgehead atoms. The number of hydrogen-bond donors (Lipinski definition) is 1. The van der Waals surface area contributed by atoms with Crippen LogP contribution in [-0.2, 0) is 16.0 Å². The van der Waals surface area contributed by atoms with E-state index in [-0.39, 0.29) is 5.91 Å². The number of amides is 2. The third-order valence-electron chi connectivity index (χ3n) is 4.25. The van der Waals surface area contributed by atoms with Crippen molar-refractivity contribution in [1.82, 2.24) is 15.3 Å². The number of alkyl carbamates (subject to hydrolysis) is 1. The number of ether oxygens (including phenoxy) is 1. The third kappa shape index (κ3) is 6.02. The van der Waals surface area contributed by atoms with Crippen molar-refractivity contribution in [2.24, 2.45) is 0 Å². The van der Waals surface area contributed by atoms with Gasteiger partial charge in [0.05, 0.1) is 0 Å². The molecule has 1 aliphatic rings. The van der Waals surface area contributed by atoms with Gasteiger partial charge in [-0.3, -0.25) is 9.80 Å². The Kier molecular flexibility index (Phi) is 7.03. The summed E-state index contributed by atoms with van der Waals surface area (Å²) in [6.07, 6.45) is 2.05. The lowest BCUT2D eigenvalue weighted by atomic mass is 10.1. The van der Waals surface area contributed by atoms with E-state index in [4.69, 9.17) is 4.74 Å². The van der Waals surface area contributed by atoms with E-state index in [9.17, 15) is 9.59 Å². The highest BCUT2D eigenvalue weighted by Gasteiger charge is 2.31. The van der Waals surface area contributed by atoms with E-state index in [1.165, 1.54) is 0 Å².